The fourth-order valence-corrected chi connectivity index (χ4v) is 2.25. The molecule has 2 aromatic heterocycles. The lowest BCUT2D eigenvalue weighted by atomic mass is 10.0. The molecule has 3 rings (SSSR count). The molecular weight excluding hydrogens is 282 g/mol. The molecule has 114 valence electrons. The Kier molecular flexibility index (Phi) is 3.46. The topological polar surface area (TPSA) is 91.2 Å². The number of amides is 1. The quantitative estimate of drug-likeness (QED) is 0.688. The molecule has 1 amide bonds. The lowest BCUT2D eigenvalue weighted by molar-refractivity contribution is 0.0323. The number of nitrogens with zero attached hydrogens (tertiary/aromatic N) is 1. The Labute approximate surface area is 127 Å². The van der Waals surface area contributed by atoms with Gasteiger partial charge in [-0.15, -0.1) is 0 Å². The molecule has 3 aromatic rings. The summed E-state index contributed by atoms with van der Waals surface area (Å²) in [5.74, 6) is 0.884. The van der Waals surface area contributed by atoms with E-state index < -0.39 is 5.60 Å². The van der Waals surface area contributed by atoms with E-state index in [-0.39, 0.29) is 12.5 Å². The number of furan rings is 1. The average Bonchev–Trinajstić information content (AvgIpc) is 3.12. The molecule has 0 saturated carbocycles. The average molecular weight is 299 g/mol. The second kappa shape index (κ2) is 5.31. The van der Waals surface area contributed by atoms with Gasteiger partial charge in [0.05, 0.1) is 18.3 Å². The first-order valence-corrected chi connectivity index (χ1v) is 6.96. The van der Waals surface area contributed by atoms with Gasteiger partial charge in [0.15, 0.2) is 0 Å². The molecule has 3 N–H and O–H groups in total. The highest BCUT2D eigenvalue weighted by Crippen LogP contribution is 2.22. The molecule has 22 heavy (non-hydrogen) atoms. The minimum Gasteiger partial charge on any atom is -0.463 e. The van der Waals surface area contributed by atoms with Crippen LogP contribution in [0.15, 0.2) is 40.9 Å². The molecule has 0 saturated heterocycles. The lowest BCUT2D eigenvalue weighted by Gasteiger charge is -2.21. The highest BCUT2D eigenvalue weighted by atomic mass is 16.4. The van der Waals surface area contributed by atoms with Crippen molar-refractivity contribution in [1.82, 2.24) is 15.5 Å². The van der Waals surface area contributed by atoms with Crippen LogP contribution in [0.5, 0.6) is 0 Å². The molecule has 6 nitrogen and oxygen atoms in total. The lowest BCUT2D eigenvalue weighted by Crippen LogP contribution is -2.38. The van der Waals surface area contributed by atoms with Gasteiger partial charge in [-0.3, -0.25) is 9.89 Å². The van der Waals surface area contributed by atoms with Crippen molar-refractivity contribution < 1.29 is 14.3 Å². The van der Waals surface area contributed by atoms with Crippen LogP contribution in [0.2, 0.25) is 0 Å². The van der Waals surface area contributed by atoms with Crippen molar-refractivity contribution in [3.63, 3.8) is 0 Å². The number of H-pyrrole nitrogens is 1. The first kappa shape index (κ1) is 14.3. The van der Waals surface area contributed by atoms with E-state index in [1.54, 1.807) is 50.4 Å². The van der Waals surface area contributed by atoms with Gasteiger partial charge in [-0.2, -0.15) is 5.10 Å². The van der Waals surface area contributed by atoms with E-state index in [1.807, 2.05) is 0 Å². The van der Waals surface area contributed by atoms with E-state index in [0.717, 1.165) is 10.9 Å². The number of nitrogens with one attached hydrogen (secondary N) is 2. The molecule has 0 fully saturated rings. The standard InChI is InChI=1S/C16H17N3O3/c1-10-3-6-14(22-10)16(2,21)9-17-15(20)11-4-5-13-12(7-11)8-18-19-13/h3-8,21H,9H2,1-2H3,(H,17,20)(H,18,19). The SMILES string of the molecule is Cc1ccc(C(C)(O)CNC(=O)c2ccc3[nH]ncc3c2)o1. The van der Waals surface area contributed by atoms with Gasteiger partial charge in [-0.25, -0.2) is 0 Å². The van der Waals surface area contributed by atoms with Crippen molar-refractivity contribution in [2.75, 3.05) is 6.54 Å². The van der Waals surface area contributed by atoms with Crippen LogP contribution in [0.4, 0.5) is 0 Å². The Morgan fingerprint density at radius 3 is 2.95 bits per heavy atom. The highest BCUT2D eigenvalue weighted by molar-refractivity contribution is 5.97. The summed E-state index contributed by atoms with van der Waals surface area (Å²) in [6, 6.07) is 8.74. The smallest absolute Gasteiger partial charge is 0.251 e. The van der Waals surface area contributed by atoms with Gasteiger partial charge in [0.2, 0.25) is 0 Å². The van der Waals surface area contributed by atoms with E-state index in [0.29, 0.717) is 17.1 Å². The Morgan fingerprint density at radius 2 is 2.23 bits per heavy atom. The summed E-state index contributed by atoms with van der Waals surface area (Å²) >= 11 is 0. The first-order chi connectivity index (χ1) is 10.5. The maximum absolute atomic E-state index is 12.2. The Balaban J connectivity index is 1.71. The van der Waals surface area contributed by atoms with Gasteiger partial charge in [0, 0.05) is 10.9 Å². The maximum Gasteiger partial charge on any atom is 0.251 e. The summed E-state index contributed by atoms with van der Waals surface area (Å²) in [7, 11) is 0. The minimum absolute atomic E-state index is 0.0577. The monoisotopic (exact) mass is 299 g/mol. The van der Waals surface area contributed by atoms with Crippen LogP contribution in [-0.2, 0) is 5.60 Å². The fraction of sp³-hybridized carbons (Fsp3) is 0.250. The second-order valence-corrected chi connectivity index (χ2v) is 5.54. The molecule has 0 radical (unpaired) electrons. The maximum atomic E-state index is 12.2. The first-order valence-electron chi connectivity index (χ1n) is 6.96. The molecule has 0 aliphatic rings. The molecule has 0 aliphatic carbocycles. The van der Waals surface area contributed by atoms with Crippen LogP contribution in [-0.4, -0.2) is 27.8 Å². The molecule has 6 heteroatoms. The predicted molar refractivity (Wildman–Crippen MR) is 81.4 cm³/mol. The third-order valence-electron chi connectivity index (χ3n) is 3.57. The van der Waals surface area contributed by atoms with E-state index in [1.165, 1.54) is 0 Å². The van der Waals surface area contributed by atoms with Crippen molar-refractivity contribution in [3.05, 3.63) is 53.6 Å². The van der Waals surface area contributed by atoms with Crippen LogP contribution in [0.1, 0.15) is 28.8 Å². The number of carbonyl (C=O) groups is 1. The summed E-state index contributed by atoms with van der Waals surface area (Å²) in [6.07, 6.45) is 1.66. The van der Waals surface area contributed by atoms with Crippen molar-refractivity contribution >= 4 is 16.8 Å². The summed E-state index contributed by atoms with van der Waals surface area (Å²) in [4.78, 5) is 12.2. The van der Waals surface area contributed by atoms with Crippen LogP contribution < -0.4 is 5.32 Å². The van der Waals surface area contributed by atoms with Crippen LogP contribution in [0.25, 0.3) is 10.9 Å². The van der Waals surface area contributed by atoms with Crippen molar-refractivity contribution in [1.29, 1.82) is 0 Å². The zero-order valence-corrected chi connectivity index (χ0v) is 12.4. The third-order valence-corrected chi connectivity index (χ3v) is 3.57. The second-order valence-electron chi connectivity index (χ2n) is 5.54. The van der Waals surface area contributed by atoms with Crippen LogP contribution >= 0.6 is 0 Å². The van der Waals surface area contributed by atoms with Crippen molar-refractivity contribution in [3.8, 4) is 0 Å². The number of hydrogen-bond acceptors (Lipinski definition) is 4. The summed E-state index contributed by atoms with van der Waals surface area (Å²) < 4.78 is 5.42. The van der Waals surface area contributed by atoms with E-state index in [4.69, 9.17) is 4.42 Å². The normalized spacial score (nSPS) is 14.0. The van der Waals surface area contributed by atoms with Crippen LogP contribution in [0.3, 0.4) is 0 Å². The van der Waals surface area contributed by atoms with Gasteiger partial charge in [0.1, 0.15) is 17.1 Å². The zero-order valence-electron chi connectivity index (χ0n) is 12.4. The molecule has 1 unspecified atom stereocenters. The zero-order chi connectivity index (χ0) is 15.7. The van der Waals surface area contributed by atoms with E-state index >= 15 is 0 Å². The number of aromatic amines is 1. The Hall–Kier alpha value is -2.60. The Morgan fingerprint density at radius 1 is 1.41 bits per heavy atom. The fourth-order valence-electron chi connectivity index (χ4n) is 2.25. The number of benzene rings is 1. The molecule has 2 heterocycles. The number of aryl methyl sites for hydroxylation is 1. The van der Waals surface area contributed by atoms with Gasteiger partial charge >= 0.3 is 0 Å². The number of carbonyl (C=O) groups excluding carboxylic acids is 1. The van der Waals surface area contributed by atoms with Gasteiger partial charge in [-0.1, -0.05) is 0 Å². The number of aliphatic hydroxyl groups is 1. The number of aromatic nitrogens is 2. The van der Waals surface area contributed by atoms with Crippen LogP contribution in [0, 0.1) is 6.92 Å². The highest BCUT2D eigenvalue weighted by Gasteiger charge is 2.27. The third kappa shape index (κ3) is 2.73. The predicted octanol–water partition coefficient (Wildman–Crippen LogP) is 2.10. The van der Waals surface area contributed by atoms with Crippen molar-refractivity contribution in [2.24, 2.45) is 0 Å². The minimum atomic E-state index is -1.26. The number of hydrogen-bond donors (Lipinski definition) is 3. The molecule has 1 aromatic carbocycles. The van der Waals surface area contributed by atoms with Crippen molar-refractivity contribution in [2.45, 2.75) is 19.4 Å². The van der Waals surface area contributed by atoms with E-state index in [2.05, 4.69) is 15.5 Å². The van der Waals surface area contributed by atoms with Gasteiger partial charge < -0.3 is 14.8 Å². The van der Waals surface area contributed by atoms with Gasteiger partial charge in [-0.05, 0) is 44.2 Å². The molecule has 0 spiro atoms. The molecule has 0 bridgehead atoms. The molecular formula is C16H17N3O3. The molecule has 1 atom stereocenters. The number of rotatable bonds is 4. The summed E-state index contributed by atoms with van der Waals surface area (Å²) in [5, 5.41) is 20.7. The summed E-state index contributed by atoms with van der Waals surface area (Å²) in [6.45, 7) is 3.46. The molecule has 0 aliphatic heterocycles. The Bertz CT molecular complexity index is 817. The van der Waals surface area contributed by atoms with E-state index in [9.17, 15) is 9.90 Å². The van der Waals surface area contributed by atoms with Gasteiger partial charge in [0.25, 0.3) is 5.91 Å². The summed E-state index contributed by atoms with van der Waals surface area (Å²) in [5.41, 5.74) is 0.124. The largest absolute Gasteiger partial charge is 0.463 e. The number of fused-ring (bicyclic) bond motifs is 1.